The van der Waals surface area contributed by atoms with Crippen molar-refractivity contribution in [2.24, 2.45) is 5.92 Å². The highest BCUT2D eigenvalue weighted by Gasteiger charge is 2.39. The van der Waals surface area contributed by atoms with Crippen molar-refractivity contribution in [2.45, 2.75) is 32.4 Å². The maximum atomic E-state index is 11.4. The largest absolute Gasteiger partial charge is 0.480 e. The predicted molar refractivity (Wildman–Crippen MR) is 76.8 cm³/mol. The number of rotatable bonds is 3. The van der Waals surface area contributed by atoms with Gasteiger partial charge in [-0.2, -0.15) is 0 Å². The van der Waals surface area contributed by atoms with E-state index in [0.29, 0.717) is 10.0 Å². The van der Waals surface area contributed by atoms with Gasteiger partial charge in [-0.15, -0.1) is 0 Å². The zero-order valence-corrected chi connectivity index (χ0v) is 12.4. The quantitative estimate of drug-likeness (QED) is 0.922. The van der Waals surface area contributed by atoms with Crippen LogP contribution in [0.15, 0.2) is 18.2 Å². The van der Waals surface area contributed by atoms with Crippen molar-refractivity contribution >= 4 is 29.2 Å². The number of carboxylic acid groups (broad SMARTS) is 1. The van der Waals surface area contributed by atoms with Crippen molar-refractivity contribution < 1.29 is 9.90 Å². The number of aliphatic carboxylic acids is 1. The Hall–Kier alpha value is -0.770. The Morgan fingerprint density at radius 3 is 2.68 bits per heavy atom. The Balaban J connectivity index is 2.25. The number of hydrogen-bond acceptors (Lipinski definition) is 2. The molecule has 0 spiro atoms. The molecule has 0 aliphatic carbocycles. The average molecular weight is 302 g/mol. The molecule has 0 radical (unpaired) electrons. The highest BCUT2D eigenvalue weighted by molar-refractivity contribution is 6.42. The van der Waals surface area contributed by atoms with Gasteiger partial charge in [-0.3, -0.25) is 9.69 Å². The third-order valence-electron chi connectivity index (χ3n) is 3.92. The van der Waals surface area contributed by atoms with Crippen LogP contribution in [0.25, 0.3) is 0 Å². The highest BCUT2D eigenvalue weighted by Crippen LogP contribution is 2.34. The number of likely N-dealkylation sites (tertiary alicyclic amines) is 1. The molecule has 3 atom stereocenters. The van der Waals surface area contributed by atoms with Crippen LogP contribution in [0.4, 0.5) is 0 Å². The summed E-state index contributed by atoms with van der Waals surface area (Å²) in [7, 11) is 0. The maximum Gasteiger partial charge on any atom is 0.321 e. The van der Waals surface area contributed by atoms with Gasteiger partial charge in [-0.05, 0) is 43.5 Å². The lowest BCUT2D eigenvalue weighted by atomic mass is 10.0. The topological polar surface area (TPSA) is 40.5 Å². The molecule has 1 heterocycles. The predicted octanol–water partition coefficient (Wildman–Crippen LogP) is 3.85. The Kier molecular flexibility index (Phi) is 4.39. The van der Waals surface area contributed by atoms with E-state index in [1.165, 1.54) is 0 Å². The molecular formula is C14H17Cl2NO2. The van der Waals surface area contributed by atoms with Gasteiger partial charge in [0.05, 0.1) is 10.0 Å². The SMILES string of the molecule is CC1CCN(C(C)c2ccc(Cl)c(Cl)c2)C1C(=O)O. The Morgan fingerprint density at radius 1 is 1.42 bits per heavy atom. The summed E-state index contributed by atoms with van der Waals surface area (Å²) in [6, 6.07) is 5.06. The normalized spacial score (nSPS) is 25.5. The van der Waals surface area contributed by atoms with E-state index in [9.17, 15) is 9.90 Å². The van der Waals surface area contributed by atoms with Gasteiger partial charge in [0.15, 0.2) is 0 Å². The maximum absolute atomic E-state index is 11.4. The summed E-state index contributed by atoms with van der Waals surface area (Å²) < 4.78 is 0. The van der Waals surface area contributed by atoms with Gasteiger partial charge in [0.1, 0.15) is 6.04 Å². The third kappa shape index (κ3) is 2.88. The van der Waals surface area contributed by atoms with Gasteiger partial charge in [-0.1, -0.05) is 36.2 Å². The van der Waals surface area contributed by atoms with Crippen molar-refractivity contribution in [3.05, 3.63) is 33.8 Å². The fourth-order valence-electron chi connectivity index (χ4n) is 2.76. The molecule has 19 heavy (non-hydrogen) atoms. The summed E-state index contributed by atoms with van der Waals surface area (Å²) in [5, 5.41) is 10.4. The van der Waals surface area contributed by atoms with Gasteiger partial charge in [0, 0.05) is 6.04 Å². The van der Waals surface area contributed by atoms with E-state index in [2.05, 4.69) is 0 Å². The zero-order valence-electron chi connectivity index (χ0n) is 10.9. The van der Waals surface area contributed by atoms with Crippen LogP contribution in [0.5, 0.6) is 0 Å². The summed E-state index contributed by atoms with van der Waals surface area (Å²) in [5.41, 5.74) is 0.995. The van der Waals surface area contributed by atoms with Crippen molar-refractivity contribution in [3.8, 4) is 0 Å². The van der Waals surface area contributed by atoms with Crippen LogP contribution in [0.3, 0.4) is 0 Å². The molecular weight excluding hydrogens is 285 g/mol. The molecule has 1 aliphatic heterocycles. The van der Waals surface area contributed by atoms with Crippen LogP contribution in [0.1, 0.15) is 31.9 Å². The molecule has 0 bridgehead atoms. The lowest BCUT2D eigenvalue weighted by molar-refractivity contribution is -0.144. The van der Waals surface area contributed by atoms with Gasteiger partial charge in [-0.25, -0.2) is 0 Å². The van der Waals surface area contributed by atoms with Gasteiger partial charge in [0.25, 0.3) is 0 Å². The van der Waals surface area contributed by atoms with Gasteiger partial charge in [0.2, 0.25) is 0 Å². The fourth-order valence-corrected chi connectivity index (χ4v) is 3.07. The molecule has 104 valence electrons. The highest BCUT2D eigenvalue weighted by atomic mass is 35.5. The Bertz CT molecular complexity index is 492. The molecule has 3 unspecified atom stereocenters. The van der Waals surface area contributed by atoms with E-state index < -0.39 is 12.0 Å². The first-order valence-corrected chi connectivity index (χ1v) is 7.11. The summed E-state index contributed by atoms with van der Waals surface area (Å²) in [6.45, 7) is 4.79. The average Bonchev–Trinajstić information content (AvgIpc) is 2.74. The second-order valence-electron chi connectivity index (χ2n) is 5.14. The summed E-state index contributed by atoms with van der Waals surface area (Å²) >= 11 is 11.9. The zero-order chi connectivity index (χ0) is 14.2. The number of hydrogen-bond donors (Lipinski definition) is 1. The molecule has 0 aromatic heterocycles. The molecule has 1 aromatic rings. The van der Waals surface area contributed by atoms with Gasteiger partial charge < -0.3 is 5.11 Å². The van der Waals surface area contributed by atoms with E-state index in [1.807, 2.05) is 30.9 Å². The summed E-state index contributed by atoms with van der Waals surface area (Å²) in [4.78, 5) is 13.4. The molecule has 0 amide bonds. The molecule has 1 aliphatic rings. The van der Waals surface area contributed by atoms with Crippen LogP contribution < -0.4 is 0 Å². The van der Waals surface area contributed by atoms with Gasteiger partial charge >= 0.3 is 5.97 Å². The van der Waals surface area contributed by atoms with Crippen LogP contribution >= 0.6 is 23.2 Å². The molecule has 1 saturated heterocycles. The Morgan fingerprint density at radius 2 is 2.11 bits per heavy atom. The van der Waals surface area contributed by atoms with Crippen LogP contribution in [0, 0.1) is 5.92 Å². The monoisotopic (exact) mass is 301 g/mol. The first kappa shape index (κ1) is 14.6. The molecule has 1 aromatic carbocycles. The minimum Gasteiger partial charge on any atom is -0.480 e. The lowest BCUT2D eigenvalue weighted by Crippen LogP contribution is -2.40. The van der Waals surface area contributed by atoms with E-state index in [1.54, 1.807) is 6.07 Å². The number of halogens is 2. The van der Waals surface area contributed by atoms with Crippen LogP contribution in [-0.4, -0.2) is 28.6 Å². The van der Waals surface area contributed by atoms with E-state index in [4.69, 9.17) is 23.2 Å². The Labute approximate surface area is 123 Å². The lowest BCUT2D eigenvalue weighted by Gasteiger charge is -2.30. The number of nitrogens with zero attached hydrogens (tertiary/aromatic N) is 1. The van der Waals surface area contributed by atoms with Crippen molar-refractivity contribution in [3.63, 3.8) is 0 Å². The molecule has 0 saturated carbocycles. The summed E-state index contributed by atoms with van der Waals surface area (Å²) in [5.74, 6) is -0.584. The van der Waals surface area contributed by atoms with Crippen molar-refractivity contribution in [1.29, 1.82) is 0 Å². The minimum absolute atomic E-state index is 0.0146. The first-order chi connectivity index (χ1) is 8.91. The first-order valence-electron chi connectivity index (χ1n) is 6.35. The number of benzene rings is 1. The number of carboxylic acids is 1. The fraction of sp³-hybridized carbons (Fsp3) is 0.500. The third-order valence-corrected chi connectivity index (χ3v) is 4.65. The second kappa shape index (κ2) is 5.70. The van der Waals surface area contributed by atoms with Crippen molar-refractivity contribution in [2.75, 3.05) is 6.54 Å². The second-order valence-corrected chi connectivity index (χ2v) is 5.95. The van der Waals surface area contributed by atoms with Crippen molar-refractivity contribution in [1.82, 2.24) is 4.90 Å². The minimum atomic E-state index is -0.753. The van der Waals surface area contributed by atoms with Crippen LogP contribution in [0.2, 0.25) is 10.0 Å². The van der Waals surface area contributed by atoms with Crippen LogP contribution in [-0.2, 0) is 4.79 Å². The molecule has 3 nitrogen and oxygen atoms in total. The molecule has 1 N–H and O–H groups in total. The summed E-state index contributed by atoms with van der Waals surface area (Å²) in [6.07, 6.45) is 0.905. The molecule has 2 rings (SSSR count). The molecule has 1 fully saturated rings. The standard InChI is InChI=1S/C14H17Cl2NO2/c1-8-5-6-17(13(8)14(18)19)9(2)10-3-4-11(15)12(16)7-10/h3-4,7-9,13H,5-6H2,1-2H3,(H,18,19). The van der Waals surface area contributed by atoms with E-state index >= 15 is 0 Å². The van der Waals surface area contributed by atoms with E-state index in [-0.39, 0.29) is 12.0 Å². The molecule has 5 heteroatoms. The van der Waals surface area contributed by atoms with E-state index in [0.717, 1.165) is 18.5 Å². The smallest absolute Gasteiger partial charge is 0.321 e. The number of carbonyl (C=O) groups is 1.